The summed E-state index contributed by atoms with van der Waals surface area (Å²) in [6.07, 6.45) is 0. The van der Waals surface area contributed by atoms with Gasteiger partial charge in [0.05, 0.1) is 10.0 Å². The number of carbonyl (C=O) groups is 4. The molecule has 174 valence electrons. The highest BCUT2D eigenvalue weighted by atomic mass is 35.5. The number of carbonyl (C=O) groups excluding carboxylic acids is 4. The van der Waals surface area contributed by atoms with Crippen LogP contribution in [0.3, 0.4) is 0 Å². The molecular weight excluding hydrogens is 467 g/mol. The predicted octanol–water partition coefficient (Wildman–Crippen LogP) is 3.88. The molecule has 2 aromatic carbocycles. The minimum atomic E-state index is -1.38. The number of benzene rings is 2. The predicted molar refractivity (Wildman–Crippen MR) is 126 cm³/mol. The van der Waals surface area contributed by atoms with Crippen LogP contribution in [0.1, 0.15) is 36.7 Å². The van der Waals surface area contributed by atoms with Crippen molar-refractivity contribution in [2.75, 3.05) is 25.0 Å². The van der Waals surface area contributed by atoms with E-state index in [1.54, 1.807) is 35.2 Å². The SMILES string of the molecule is CCN(CC)C(=O)c1ccc(NC(=O)CN2C(=O)NC(C)(c3ccc(Cl)c(Cl)c3)C2=O)cc1. The molecule has 2 aromatic rings. The number of hydrogen-bond acceptors (Lipinski definition) is 4. The molecule has 5 amide bonds. The summed E-state index contributed by atoms with van der Waals surface area (Å²) >= 11 is 12.0. The number of anilines is 1. The van der Waals surface area contributed by atoms with Crippen LogP contribution >= 0.6 is 23.2 Å². The fraction of sp³-hybridized carbons (Fsp3) is 0.304. The van der Waals surface area contributed by atoms with Gasteiger partial charge in [-0.3, -0.25) is 19.3 Å². The minimum Gasteiger partial charge on any atom is -0.339 e. The third-order valence-corrected chi connectivity index (χ3v) is 6.28. The van der Waals surface area contributed by atoms with Crippen molar-refractivity contribution in [1.29, 1.82) is 0 Å². The van der Waals surface area contributed by atoms with Crippen molar-refractivity contribution in [2.45, 2.75) is 26.3 Å². The Labute approximate surface area is 201 Å². The van der Waals surface area contributed by atoms with Gasteiger partial charge in [0.25, 0.3) is 11.8 Å². The normalized spacial score (nSPS) is 17.7. The number of halogens is 2. The molecule has 33 heavy (non-hydrogen) atoms. The second-order valence-corrected chi connectivity index (χ2v) is 8.49. The molecule has 1 heterocycles. The Bertz CT molecular complexity index is 1100. The standard InChI is InChI=1S/C23H24Cl2N4O4/c1-4-28(5-2)20(31)14-6-9-16(10-7-14)26-19(30)13-29-21(32)23(3,27-22(29)33)15-8-11-17(24)18(25)12-15/h6-12H,4-5,13H2,1-3H3,(H,26,30)(H,27,33). The molecule has 0 radical (unpaired) electrons. The lowest BCUT2D eigenvalue weighted by molar-refractivity contribution is -0.133. The molecule has 1 aliphatic heterocycles. The first-order chi connectivity index (χ1) is 15.6. The Morgan fingerprint density at radius 3 is 2.24 bits per heavy atom. The van der Waals surface area contributed by atoms with Gasteiger partial charge in [0.2, 0.25) is 5.91 Å². The van der Waals surface area contributed by atoms with Crippen molar-refractivity contribution in [3.05, 3.63) is 63.6 Å². The Morgan fingerprint density at radius 1 is 1.03 bits per heavy atom. The van der Waals surface area contributed by atoms with Crippen LogP contribution in [0.2, 0.25) is 10.0 Å². The first-order valence-electron chi connectivity index (χ1n) is 10.4. The average molecular weight is 491 g/mol. The van der Waals surface area contributed by atoms with Crippen LogP contribution in [0.15, 0.2) is 42.5 Å². The molecule has 1 aliphatic rings. The number of hydrogen-bond donors (Lipinski definition) is 2. The first kappa shape index (κ1) is 24.5. The molecule has 0 bridgehead atoms. The zero-order valence-corrected chi connectivity index (χ0v) is 20.0. The van der Waals surface area contributed by atoms with Crippen LogP contribution in [0, 0.1) is 0 Å². The summed E-state index contributed by atoms with van der Waals surface area (Å²) in [5, 5.41) is 5.83. The zero-order chi connectivity index (χ0) is 24.3. The Hall–Kier alpha value is -3.10. The highest BCUT2D eigenvalue weighted by Gasteiger charge is 2.49. The van der Waals surface area contributed by atoms with Gasteiger partial charge in [-0.2, -0.15) is 0 Å². The van der Waals surface area contributed by atoms with Gasteiger partial charge < -0.3 is 15.5 Å². The minimum absolute atomic E-state index is 0.0983. The number of imide groups is 1. The molecule has 1 fully saturated rings. The van der Waals surface area contributed by atoms with Gasteiger partial charge in [0, 0.05) is 24.3 Å². The third-order valence-electron chi connectivity index (χ3n) is 5.54. The van der Waals surface area contributed by atoms with Gasteiger partial charge in [0.15, 0.2) is 0 Å². The van der Waals surface area contributed by atoms with Gasteiger partial charge in [-0.15, -0.1) is 0 Å². The Balaban J connectivity index is 1.68. The lowest BCUT2D eigenvalue weighted by Gasteiger charge is -2.22. The van der Waals surface area contributed by atoms with Crippen LogP contribution in [0.25, 0.3) is 0 Å². The molecule has 8 nitrogen and oxygen atoms in total. The third kappa shape index (κ3) is 4.96. The second-order valence-electron chi connectivity index (χ2n) is 7.68. The Morgan fingerprint density at radius 2 is 1.67 bits per heavy atom. The summed E-state index contributed by atoms with van der Waals surface area (Å²) in [5.41, 5.74) is 0.0168. The highest BCUT2D eigenvalue weighted by Crippen LogP contribution is 2.33. The maximum atomic E-state index is 13.0. The summed E-state index contributed by atoms with van der Waals surface area (Å²) in [7, 11) is 0. The summed E-state index contributed by atoms with van der Waals surface area (Å²) in [6, 6.07) is 10.4. The van der Waals surface area contributed by atoms with Crippen molar-refractivity contribution in [1.82, 2.24) is 15.1 Å². The summed E-state index contributed by atoms with van der Waals surface area (Å²) < 4.78 is 0. The maximum absolute atomic E-state index is 13.0. The van der Waals surface area contributed by atoms with Crippen LogP contribution in [0.4, 0.5) is 10.5 Å². The number of rotatable bonds is 7. The lowest BCUT2D eigenvalue weighted by atomic mass is 9.92. The molecule has 2 N–H and O–H groups in total. The zero-order valence-electron chi connectivity index (χ0n) is 18.4. The fourth-order valence-corrected chi connectivity index (χ4v) is 3.88. The quantitative estimate of drug-likeness (QED) is 0.575. The molecule has 0 aliphatic carbocycles. The van der Waals surface area contributed by atoms with Gasteiger partial charge in [-0.1, -0.05) is 29.3 Å². The van der Waals surface area contributed by atoms with Crippen LogP contribution in [-0.4, -0.2) is 53.2 Å². The van der Waals surface area contributed by atoms with Crippen molar-refractivity contribution >= 4 is 52.6 Å². The van der Waals surface area contributed by atoms with E-state index in [4.69, 9.17) is 23.2 Å². The number of nitrogens with zero attached hydrogens (tertiary/aromatic N) is 2. The van der Waals surface area contributed by atoms with E-state index in [2.05, 4.69) is 10.6 Å². The van der Waals surface area contributed by atoms with E-state index in [0.717, 1.165) is 4.90 Å². The number of urea groups is 1. The Kier molecular flexibility index (Phi) is 7.29. The van der Waals surface area contributed by atoms with E-state index < -0.39 is 29.9 Å². The van der Waals surface area contributed by atoms with E-state index in [1.165, 1.54) is 19.1 Å². The van der Waals surface area contributed by atoms with Crippen molar-refractivity contribution in [3.63, 3.8) is 0 Å². The fourth-order valence-electron chi connectivity index (χ4n) is 3.58. The van der Waals surface area contributed by atoms with Crippen molar-refractivity contribution in [3.8, 4) is 0 Å². The molecule has 1 atom stereocenters. The van der Waals surface area contributed by atoms with Gasteiger partial charge in [-0.05, 0) is 62.7 Å². The van der Waals surface area contributed by atoms with Crippen LogP contribution in [-0.2, 0) is 15.1 Å². The second kappa shape index (κ2) is 9.80. The van der Waals surface area contributed by atoms with Gasteiger partial charge >= 0.3 is 6.03 Å². The maximum Gasteiger partial charge on any atom is 0.325 e. The molecule has 0 spiro atoms. The van der Waals surface area contributed by atoms with Gasteiger partial charge in [0.1, 0.15) is 12.1 Å². The molecule has 1 saturated heterocycles. The van der Waals surface area contributed by atoms with E-state index >= 15 is 0 Å². The van der Waals surface area contributed by atoms with E-state index in [-0.39, 0.29) is 10.9 Å². The molecule has 3 rings (SSSR count). The van der Waals surface area contributed by atoms with Crippen molar-refractivity contribution < 1.29 is 19.2 Å². The topological polar surface area (TPSA) is 98.8 Å². The number of nitrogens with one attached hydrogen (secondary N) is 2. The average Bonchev–Trinajstić information content (AvgIpc) is 3.00. The smallest absolute Gasteiger partial charge is 0.325 e. The molecular formula is C23H24Cl2N4O4. The monoisotopic (exact) mass is 490 g/mol. The van der Waals surface area contributed by atoms with E-state index in [0.29, 0.717) is 34.9 Å². The van der Waals surface area contributed by atoms with Crippen molar-refractivity contribution in [2.24, 2.45) is 0 Å². The molecule has 0 saturated carbocycles. The number of amides is 5. The lowest BCUT2D eigenvalue weighted by Crippen LogP contribution is -2.42. The summed E-state index contributed by atoms with van der Waals surface area (Å²) in [6.45, 7) is 6.07. The largest absolute Gasteiger partial charge is 0.339 e. The summed E-state index contributed by atoms with van der Waals surface area (Å²) in [5.74, 6) is -1.24. The first-order valence-corrected chi connectivity index (χ1v) is 11.1. The molecule has 1 unspecified atom stereocenters. The van der Waals surface area contributed by atoms with Crippen LogP contribution in [0.5, 0.6) is 0 Å². The van der Waals surface area contributed by atoms with Gasteiger partial charge in [-0.25, -0.2) is 4.79 Å². The molecule has 10 heteroatoms. The van der Waals surface area contributed by atoms with Crippen LogP contribution < -0.4 is 10.6 Å². The van der Waals surface area contributed by atoms with E-state index in [9.17, 15) is 19.2 Å². The summed E-state index contributed by atoms with van der Waals surface area (Å²) in [4.78, 5) is 52.9. The molecule has 0 aromatic heterocycles. The highest BCUT2D eigenvalue weighted by molar-refractivity contribution is 6.42. The van der Waals surface area contributed by atoms with E-state index in [1.807, 2.05) is 13.8 Å².